The van der Waals surface area contributed by atoms with E-state index < -0.39 is 0 Å². The van der Waals surface area contributed by atoms with Crippen LogP contribution in [0.4, 0.5) is 0 Å². The molecule has 1 N–H and O–H groups in total. The molecule has 126 valence electrons. The van der Waals surface area contributed by atoms with Crippen LogP contribution in [0.15, 0.2) is 0 Å². The van der Waals surface area contributed by atoms with Crippen LogP contribution < -0.4 is 5.32 Å². The van der Waals surface area contributed by atoms with Gasteiger partial charge in [0.2, 0.25) is 11.8 Å². The second-order valence-corrected chi connectivity index (χ2v) is 7.19. The molecule has 0 saturated carbocycles. The molecule has 0 bridgehead atoms. The topological polar surface area (TPSA) is 52.7 Å². The minimum atomic E-state index is -0.249. The summed E-state index contributed by atoms with van der Waals surface area (Å²) >= 11 is 0. The summed E-state index contributed by atoms with van der Waals surface area (Å²) in [6.45, 7) is 7.63. The molecule has 2 saturated heterocycles. The van der Waals surface area contributed by atoms with Crippen LogP contribution >= 0.6 is 0 Å². The van der Waals surface area contributed by atoms with E-state index in [4.69, 9.17) is 0 Å². The lowest BCUT2D eigenvalue weighted by Crippen LogP contribution is -2.52. The van der Waals surface area contributed by atoms with Crippen molar-refractivity contribution in [3.8, 4) is 0 Å². The van der Waals surface area contributed by atoms with Crippen LogP contribution in [0.3, 0.4) is 0 Å². The van der Waals surface area contributed by atoms with Crippen LogP contribution in [0.5, 0.6) is 0 Å². The lowest BCUT2D eigenvalue weighted by atomic mass is 9.98. The predicted octanol–water partition coefficient (Wildman–Crippen LogP) is 1.48. The molecule has 2 heterocycles. The van der Waals surface area contributed by atoms with Crippen LogP contribution in [0.1, 0.15) is 46.0 Å². The van der Waals surface area contributed by atoms with Crippen LogP contribution in [0, 0.1) is 11.8 Å². The second-order valence-electron chi connectivity index (χ2n) is 7.19. The summed E-state index contributed by atoms with van der Waals surface area (Å²) in [7, 11) is 1.96. The molecule has 2 atom stereocenters. The van der Waals surface area contributed by atoms with Gasteiger partial charge in [0.05, 0.1) is 0 Å². The molecule has 22 heavy (non-hydrogen) atoms. The highest BCUT2D eigenvalue weighted by Gasteiger charge is 2.36. The van der Waals surface area contributed by atoms with Crippen molar-refractivity contribution in [3.05, 3.63) is 0 Å². The fraction of sp³-hybridized carbons (Fsp3) is 0.882. The van der Waals surface area contributed by atoms with Gasteiger partial charge in [0.15, 0.2) is 0 Å². The summed E-state index contributed by atoms with van der Waals surface area (Å²) < 4.78 is 0. The van der Waals surface area contributed by atoms with E-state index >= 15 is 0 Å². The molecule has 2 amide bonds. The Balaban J connectivity index is 2.04. The van der Waals surface area contributed by atoms with Gasteiger partial charge in [-0.3, -0.25) is 9.59 Å². The Labute approximate surface area is 134 Å². The van der Waals surface area contributed by atoms with E-state index in [1.165, 1.54) is 0 Å². The predicted molar refractivity (Wildman–Crippen MR) is 87.4 cm³/mol. The number of rotatable bonds is 6. The zero-order valence-electron chi connectivity index (χ0n) is 14.3. The van der Waals surface area contributed by atoms with Crippen molar-refractivity contribution in [2.24, 2.45) is 11.8 Å². The monoisotopic (exact) mass is 309 g/mol. The second kappa shape index (κ2) is 7.95. The molecule has 0 aromatic rings. The average molecular weight is 309 g/mol. The Bertz CT molecular complexity index is 397. The SMILES string of the molecule is CNCC1CCN(C(=O)C(CC(C)C)N2CCCCC2=O)C1. The summed E-state index contributed by atoms with van der Waals surface area (Å²) in [5.74, 6) is 1.30. The third-order valence-electron chi connectivity index (χ3n) is 4.81. The van der Waals surface area contributed by atoms with Crippen molar-refractivity contribution < 1.29 is 9.59 Å². The molecule has 2 aliphatic rings. The Morgan fingerprint density at radius 2 is 2.09 bits per heavy atom. The molecular weight excluding hydrogens is 278 g/mol. The molecule has 2 rings (SSSR count). The maximum Gasteiger partial charge on any atom is 0.245 e. The maximum atomic E-state index is 13.0. The van der Waals surface area contributed by atoms with E-state index in [0.29, 0.717) is 18.3 Å². The van der Waals surface area contributed by atoms with Gasteiger partial charge >= 0.3 is 0 Å². The number of amides is 2. The number of nitrogens with zero attached hydrogens (tertiary/aromatic N) is 2. The number of hydrogen-bond donors (Lipinski definition) is 1. The van der Waals surface area contributed by atoms with Crippen molar-refractivity contribution in [2.45, 2.75) is 52.0 Å². The van der Waals surface area contributed by atoms with Gasteiger partial charge < -0.3 is 15.1 Å². The minimum absolute atomic E-state index is 0.163. The summed E-state index contributed by atoms with van der Waals surface area (Å²) in [6.07, 6.45) is 4.43. The third-order valence-corrected chi connectivity index (χ3v) is 4.81. The Kier molecular flexibility index (Phi) is 6.24. The first-order valence-electron chi connectivity index (χ1n) is 8.75. The molecule has 2 fully saturated rings. The molecule has 5 heteroatoms. The van der Waals surface area contributed by atoms with Crippen molar-refractivity contribution >= 4 is 11.8 Å². The van der Waals surface area contributed by atoms with Gasteiger partial charge in [-0.05, 0) is 51.1 Å². The van der Waals surface area contributed by atoms with Gasteiger partial charge in [0.25, 0.3) is 0 Å². The van der Waals surface area contributed by atoms with Crippen molar-refractivity contribution in [3.63, 3.8) is 0 Å². The fourth-order valence-corrected chi connectivity index (χ4v) is 3.66. The van der Waals surface area contributed by atoms with Gasteiger partial charge in [0, 0.05) is 26.1 Å². The number of carbonyl (C=O) groups is 2. The zero-order valence-corrected chi connectivity index (χ0v) is 14.3. The summed E-state index contributed by atoms with van der Waals surface area (Å²) in [5, 5.41) is 3.20. The molecule has 5 nitrogen and oxygen atoms in total. The summed E-state index contributed by atoms with van der Waals surface area (Å²) in [4.78, 5) is 29.1. The normalized spacial score (nSPS) is 24.2. The quantitative estimate of drug-likeness (QED) is 0.808. The molecule has 0 radical (unpaired) electrons. The van der Waals surface area contributed by atoms with Crippen LogP contribution in [0.2, 0.25) is 0 Å². The number of likely N-dealkylation sites (tertiary alicyclic amines) is 2. The number of piperidine rings is 1. The van der Waals surface area contributed by atoms with Crippen LogP contribution in [-0.2, 0) is 9.59 Å². The highest BCUT2D eigenvalue weighted by molar-refractivity contribution is 5.88. The van der Waals surface area contributed by atoms with E-state index in [2.05, 4.69) is 19.2 Å². The van der Waals surface area contributed by atoms with Crippen molar-refractivity contribution in [1.82, 2.24) is 15.1 Å². The van der Waals surface area contributed by atoms with E-state index in [-0.39, 0.29) is 17.9 Å². The minimum Gasteiger partial charge on any atom is -0.341 e. The first kappa shape index (κ1) is 17.3. The Hall–Kier alpha value is -1.10. The largest absolute Gasteiger partial charge is 0.341 e. The Morgan fingerprint density at radius 1 is 1.32 bits per heavy atom. The molecule has 2 unspecified atom stereocenters. The molecule has 0 aromatic carbocycles. The number of nitrogens with one attached hydrogen (secondary N) is 1. The molecule has 0 spiro atoms. The van der Waals surface area contributed by atoms with Crippen LogP contribution in [0.25, 0.3) is 0 Å². The lowest BCUT2D eigenvalue weighted by molar-refractivity contribution is -0.147. The first-order valence-corrected chi connectivity index (χ1v) is 8.75. The average Bonchev–Trinajstić information content (AvgIpc) is 2.94. The first-order chi connectivity index (χ1) is 10.5. The third kappa shape index (κ3) is 4.22. The summed E-state index contributed by atoms with van der Waals surface area (Å²) in [6, 6.07) is -0.249. The highest BCUT2D eigenvalue weighted by atomic mass is 16.2. The molecular formula is C17H31N3O2. The summed E-state index contributed by atoms with van der Waals surface area (Å²) in [5.41, 5.74) is 0. The van der Waals surface area contributed by atoms with Crippen molar-refractivity contribution in [2.75, 3.05) is 33.2 Å². The zero-order chi connectivity index (χ0) is 16.1. The Morgan fingerprint density at radius 3 is 2.73 bits per heavy atom. The van der Waals surface area contributed by atoms with Gasteiger partial charge in [-0.25, -0.2) is 0 Å². The highest BCUT2D eigenvalue weighted by Crippen LogP contribution is 2.23. The molecule has 0 aromatic heterocycles. The van der Waals surface area contributed by atoms with Gasteiger partial charge in [-0.2, -0.15) is 0 Å². The van der Waals surface area contributed by atoms with Crippen molar-refractivity contribution in [1.29, 1.82) is 0 Å². The van der Waals surface area contributed by atoms with Gasteiger partial charge in [-0.15, -0.1) is 0 Å². The standard InChI is InChI=1S/C17H31N3O2/c1-13(2)10-15(20-8-5-4-6-16(20)21)17(22)19-9-7-14(12-19)11-18-3/h13-15,18H,4-12H2,1-3H3. The molecule has 2 aliphatic heterocycles. The molecule has 0 aliphatic carbocycles. The number of hydrogen-bond acceptors (Lipinski definition) is 3. The van der Waals surface area contributed by atoms with E-state index in [1.54, 1.807) is 0 Å². The van der Waals surface area contributed by atoms with Gasteiger partial charge in [0.1, 0.15) is 6.04 Å². The van der Waals surface area contributed by atoms with E-state index in [9.17, 15) is 9.59 Å². The fourth-order valence-electron chi connectivity index (χ4n) is 3.66. The maximum absolute atomic E-state index is 13.0. The lowest BCUT2D eigenvalue weighted by Gasteiger charge is -2.36. The van der Waals surface area contributed by atoms with Crippen LogP contribution in [-0.4, -0.2) is 60.9 Å². The van der Waals surface area contributed by atoms with Gasteiger partial charge in [-0.1, -0.05) is 13.8 Å². The van der Waals surface area contributed by atoms with E-state index in [1.807, 2.05) is 16.8 Å². The smallest absolute Gasteiger partial charge is 0.245 e. The number of carbonyl (C=O) groups excluding carboxylic acids is 2. The van der Waals surface area contributed by atoms with E-state index in [0.717, 1.165) is 51.9 Å².